The molecule has 74 valence electrons. The van der Waals surface area contributed by atoms with Crippen molar-refractivity contribution in [2.75, 3.05) is 0 Å². The van der Waals surface area contributed by atoms with Gasteiger partial charge in [-0.25, -0.2) is 0 Å². The number of hydrogen-bond donors (Lipinski definition) is 0. The first-order valence-electron chi connectivity index (χ1n) is 5.44. The zero-order valence-corrected chi connectivity index (χ0v) is 8.89. The Morgan fingerprint density at radius 1 is 1.14 bits per heavy atom. The van der Waals surface area contributed by atoms with Gasteiger partial charge in [0.15, 0.2) is 5.78 Å². The molecule has 1 aliphatic carbocycles. The highest BCUT2D eigenvalue weighted by molar-refractivity contribution is 6.02. The molecule has 0 aliphatic heterocycles. The molecule has 0 aromatic heterocycles. The fourth-order valence-corrected chi connectivity index (χ4v) is 2.40. The summed E-state index contributed by atoms with van der Waals surface area (Å²) < 4.78 is 0. The van der Waals surface area contributed by atoms with Gasteiger partial charge in [-0.15, -0.1) is 0 Å². The van der Waals surface area contributed by atoms with E-state index in [2.05, 4.69) is 26.0 Å². The third-order valence-corrected chi connectivity index (χ3v) is 3.13. The molecule has 14 heavy (non-hydrogen) atoms. The van der Waals surface area contributed by atoms with E-state index in [9.17, 15) is 4.79 Å². The molecular formula is C13H16O. The van der Waals surface area contributed by atoms with Crippen molar-refractivity contribution in [2.24, 2.45) is 0 Å². The van der Waals surface area contributed by atoms with Crippen molar-refractivity contribution in [1.82, 2.24) is 0 Å². The lowest BCUT2D eigenvalue weighted by Gasteiger charge is -2.10. The third-order valence-electron chi connectivity index (χ3n) is 3.13. The molecule has 0 heterocycles. The predicted molar refractivity (Wildman–Crippen MR) is 57.8 cm³/mol. The number of rotatable bonds is 2. The molecular weight excluding hydrogens is 172 g/mol. The molecule has 0 radical (unpaired) electrons. The van der Waals surface area contributed by atoms with Crippen LogP contribution >= 0.6 is 0 Å². The van der Waals surface area contributed by atoms with E-state index >= 15 is 0 Å². The monoisotopic (exact) mass is 188 g/mol. The third kappa shape index (κ3) is 1.28. The molecule has 0 saturated carbocycles. The maximum absolute atomic E-state index is 11.7. The molecule has 1 aromatic carbocycles. The Morgan fingerprint density at radius 2 is 1.93 bits per heavy atom. The van der Waals surface area contributed by atoms with E-state index < -0.39 is 0 Å². The van der Waals surface area contributed by atoms with Gasteiger partial charge in [-0.1, -0.05) is 26.0 Å². The number of fused-ring (bicyclic) bond motifs is 1. The quantitative estimate of drug-likeness (QED) is 0.697. The summed E-state index contributed by atoms with van der Waals surface area (Å²) in [7, 11) is 0. The molecule has 0 amide bonds. The highest BCUT2D eigenvalue weighted by Crippen LogP contribution is 2.28. The lowest BCUT2D eigenvalue weighted by atomic mass is 9.94. The first kappa shape index (κ1) is 9.45. The van der Waals surface area contributed by atoms with Gasteiger partial charge in [-0.2, -0.15) is 0 Å². The van der Waals surface area contributed by atoms with Gasteiger partial charge in [-0.3, -0.25) is 4.79 Å². The normalized spacial score (nSPS) is 14.6. The lowest BCUT2D eigenvalue weighted by molar-refractivity contribution is 0.0993. The fraction of sp³-hybridized carbons (Fsp3) is 0.462. The van der Waals surface area contributed by atoms with Gasteiger partial charge in [-0.05, 0) is 36.0 Å². The Hall–Kier alpha value is -1.11. The number of ketones is 1. The minimum absolute atomic E-state index is 0.354. The largest absolute Gasteiger partial charge is 0.294 e. The Balaban J connectivity index is 2.63. The van der Waals surface area contributed by atoms with Crippen LogP contribution in [-0.2, 0) is 19.3 Å². The summed E-state index contributed by atoms with van der Waals surface area (Å²) in [6.07, 6.45) is 3.68. The van der Waals surface area contributed by atoms with Crippen LogP contribution in [0.5, 0.6) is 0 Å². The van der Waals surface area contributed by atoms with Gasteiger partial charge < -0.3 is 0 Å². The van der Waals surface area contributed by atoms with E-state index in [0.717, 1.165) is 31.2 Å². The second-order valence-electron chi connectivity index (χ2n) is 3.87. The van der Waals surface area contributed by atoms with E-state index in [1.165, 1.54) is 16.7 Å². The average molecular weight is 188 g/mol. The standard InChI is InChI=1S/C13H16O/c1-3-9-5-6-10-7-8-12(14)13(10)11(9)4-2/h5-6H,3-4,7-8H2,1-2H3. The van der Waals surface area contributed by atoms with Crippen LogP contribution in [0.15, 0.2) is 12.1 Å². The average Bonchev–Trinajstić information content (AvgIpc) is 2.59. The highest BCUT2D eigenvalue weighted by atomic mass is 16.1. The summed E-state index contributed by atoms with van der Waals surface area (Å²) in [5.74, 6) is 0.354. The van der Waals surface area contributed by atoms with Crippen molar-refractivity contribution >= 4 is 5.78 Å². The smallest absolute Gasteiger partial charge is 0.163 e. The van der Waals surface area contributed by atoms with E-state index in [4.69, 9.17) is 0 Å². The minimum atomic E-state index is 0.354. The maximum Gasteiger partial charge on any atom is 0.163 e. The van der Waals surface area contributed by atoms with Crippen LogP contribution in [-0.4, -0.2) is 5.78 Å². The van der Waals surface area contributed by atoms with Crippen LogP contribution in [0.2, 0.25) is 0 Å². The minimum Gasteiger partial charge on any atom is -0.294 e. The van der Waals surface area contributed by atoms with Gasteiger partial charge in [0.05, 0.1) is 0 Å². The zero-order chi connectivity index (χ0) is 10.1. The number of carbonyl (C=O) groups is 1. The van der Waals surface area contributed by atoms with Crippen LogP contribution in [0.25, 0.3) is 0 Å². The Labute approximate surface area is 85.1 Å². The van der Waals surface area contributed by atoms with Gasteiger partial charge in [0, 0.05) is 12.0 Å². The maximum atomic E-state index is 11.7. The molecule has 1 nitrogen and oxygen atoms in total. The van der Waals surface area contributed by atoms with Crippen molar-refractivity contribution in [3.05, 3.63) is 34.4 Å². The summed E-state index contributed by atoms with van der Waals surface area (Å²) in [4.78, 5) is 11.7. The molecule has 1 heteroatoms. The molecule has 0 atom stereocenters. The second kappa shape index (κ2) is 3.56. The first-order chi connectivity index (χ1) is 6.77. The van der Waals surface area contributed by atoms with Crippen molar-refractivity contribution in [1.29, 1.82) is 0 Å². The van der Waals surface area contributed by atoms with Crippen molar-refractivity contribution in [2.45, 2.75) is 39.5 Å². The van der Waals surface area contributed by atoms with E-state index in [0.29, 0.717) is 5.78 Å². The molecule has 0 spiro atoms. The number of hydrogen-bond acceptors (Lipinski definition) is 1. The molecule has 0 saturated heterocycles. The topological polar surface area (TPSA) is 17.1 Å². The van der Waals surface area contributed by atoms with Crippen LogP contribution < -0.4 is 0 Å². The van der Waals surface area contributed by atoms with Crippen molar-refractivity contribution in [3.8, 4) is 0 Å². The SMILES string of the molecule is CCc1ccc2c(c1CC)C(=O)CC2. The molecule has 0 fully saturated rings. The molecule has 0 N–H and O–H groups in total. The predicted octanol–water partition coefficient (Wildman–Crippen LogP) is 2.94. The van der Waals surface area contributed by atoms with Crippen molar-refractivity contribution < 1.29 is 4.79 Å². The number of carbonyl (C=O) groups excluding carboxylic acids is 1. The Morgan fingerprint density at radius 3 is 2.57 bits per heavy atom. The summed E-state index contributed by atoms with van der Waals surface area (Å²) in [6.45, 7) is 4.29. The second-order valence-corrected chi connectivity index (χ2v) is 3.87. The van der Waals surface area contributed by atoms with Crippen LogP contribution in [0.3, 0.4) is 0 Å². The molecule has 1 aliphatic rings. The van der Waals surface area contributed by atoms with Gasteiger partial charge in [0.25, 0.3) is 0 Å². The number of benzene rings is 1. The summed E-state index contributed by atoms with van der Waals surface area (Å²) in [5, 5.41) is 0. The molecule has 1 aromatic rings. The van der Waals surface area contributed by atoms with Crippen LogP contribution in [0.1, 0.15) is 47.3 Å². The zero-order valence-electron chi connectivity index (χ0n) is 8.89. The van der Waals surface area contributed by atoms with Gasteiger partial charge >= 0.3 is 0 Å². The Kier molecular flexibility index (Phi) is 2.40. The molecule has 0 unspecified atom stereocenters. The van der Waals surface area contributed by atoms with Gasteiger partial charge in [0.2, 0.25) is 0 Å². The van der Waals surface area contributed by atoms with E-state index in [1.54, 1.807) is 0 Å². The Bertz CT molecular complexity index is 377. The highest BCUT2D eigenvalue weighted by Gasteiger charge is 2.23. The molecule has 2 rings (SSSR count). The van der Waals surface area contributed by atoms with Crippen LogP contribution in [0.4, 0.5) is 0 Å². The molecule has 0 bridgehead atoms. The van der Waals surface area contributed by atoms with E-state index in [1.807, 2.05) is 0 Å². The summed E-state index contributed by atoms with van der Waals surface area (Å²) in [5.41, 5.74) is 4.96. The summed E-state index contributed by atoms with van der Waals surface area (Å²) >= 11 is 0. The number of Topliss-reactive ketones (excluding diaryl/α,β-unsaturated/α-hetero) is 1. The lowest BCUT2D eigenvalue weighted by Crippen LogP contribution is -2.02. The summed E-state index contributed by atoms with van der Waals surface area (Å²) in [6, 6.07) is 4.33. The van der Waals surface area contributed by atoms with E-state index in [-0.39, 0.29) is 0 Å². The fourth-order valence-electron chi connectivity index (χ4n) is 2.40. The number of aryl methyl sites for hydroxylation is 2. The first-order valence-corrected chi connectivity index (χ1v) is 5.44. The van der Waals surface area contributed by atoms with Crippen molar-refractivity contribution in [3.63, 3.8) is 0 Å². The van der Waals surface area contributed by atoms with Crippen LogP contribution in [0, 0.1) is 0 Å². The van der Waals surface area contributed by atoms with Gasteiger partial charge in [0.1, 0.15) is 0 Å².